The predicted octanol–water partition coefficient (Wildman–Crippen LogP) is 2.73. The third-order valence-corrected chi connectivity index (χ3v) is 3.24. The van der Waals surface area contributed by atoms with Gasteiger partial charge in [0.05, 0.1) is 0 Å². The largest absolute Gasteiger partial charge is 0.301 e. The lowest BCUT2D eigenvalue weighted by Crippen LogP contribution is -2.10. The standard InChI is InChI=1S/C12H14N4OS/c1-2-3-4-10(17)14-12-16-15-11(18-12)9-5-7-13-8-6-9/h5-8H,2-4H2,1H3,(H,14,16,17). The van der Waals surface area contributed by atoms with E-state index in [0.29, 0.717) is 11.6 Å². The highest BCUT2D eigenvalue weighted by atomic mass is 32.1. The molecule has 2 heterocycles. The van der Waals surface area contributed by atoms with Crippen molar-refractivity contribution in [3.05, 3.63) is 24.5 Å². The van der Waals surface area contributed by atoms with Crippen LogP contribution in [0.15, 0.2) is 24.5 Å². The quantitative estimate of drug-likeness (QED) is 0.899. The molecule has 0 saturated carbocycles. The van der Waals surface area contributed by atoms with Gasteiger partial charge in [-0.25, -0.2) is 0 Å². The highest BCUT2D eigenvalue weighted by Gasteiger charge is 2.08. The summed E-state index contributed by atoms with van der Waals surface area (Å²) in [5.41, 5.74) is 0.955. The highest BCUT2D eigenvalue weighted by molar-refractivity contribution is 7.18. The molecule has 2 aromatic heterocycles. The van der Waals surface area contributed by atoms with Crippen molar-refractivity contribution in [2.24, 2.45) is 0 Å². The normalized spacial score (nSPS) is 10.3. The zero-order chi connectivity index (χ0) is 12.8. The Kier molecular flexibility index (Phi) is 4.35. The Labute approximate surface area is 109 Å². The summed E-state index contributed by atoms with van der Waals surface area (Å²) in [7, 11) is 0. The molecule has 0 bridgehead atoms. The lowest BCUT2D eigenvalue weighted by Gasteiger charge is -1.98. The van der Waals surface area contributed by atoms with Crippen molar-refractivity contribution in [1.29, 1.82) is 0 Å². The fourth-order valence-electron chi connectivity index (χ4n) is 1.40. The van der Waals surface area contributed by atoms with Crippen molar-refractivity contribution in [2.75, 3.05) is 5.32 Å². The number of pyridine rings is 1. The Morgan fingerprint density at radius 1 is 1.33 bits per heavy atom. The third-order valence-electron chi connectivity index (χ3n) is 2.36. The van der Waals surface area contributed by atoms with E-state index in [2.05, 4.69) is 27.4 Å². The van der Waals surface area contributed by atoms with Crippen molar-refractivity contribution in [1.82, 2.24) is 15.2 Å². The second kappa shape index (κ2) is 6.20. The number of amides is 1. The maximum atomic E-state index is 11.5. The second-order valence-electron chi connectivity index (χ2n) is 3.80. The van der Waals surface area contributed by atoms with E-state index in [0.717, 1.165) is 23.4 Å². The van der Waals surface area contributed by atoms with Crippen molar-refractivity contribution in [3.8, 4) is 10.6 Å². The first-order chi connectivity index (χ1) is 8.79. The Bertz CT molecular complexity index is 512. The summed E-state index contributed by atoms with van der Waals surface area (Å²) >= 11 is 1.37. The number of unbranched alkanes of at least 4 members (excludes halogenated alkanes) is 1. The van der Waals surface area contributed by atoms with Crippen LogP contribution in [0.1, 0.15) is 26.2 Å². The molecule has 2 aromatic rings. The van der Waals surface area contributed by atoms with Crippen LogP contribution in [-0.2, 0) is 4.79 Å². The van der Waals surface area contributed by atoms with Gasteiger partial charge in [0.1, 0.15) is 5.01 Å². The number of nitrogens with one attached hydrogen (secondary N) is 1. The molecule has 0 atom stereocenters. The second-order valence-corrected chi connectivity index (χ2v) is 4.78. The summed E-state index contributed by atoms with van der Waals surface area (Å²) in [5, 5.41) is 12.1. The van der Waals surface area contributed by atoms with Gasteiger partial charge in [0.25, 0.3) is 0 Å². The van der Waals surface area contributed by atoms with Gasteiger partial charge in [0, 0.05) is 24.4 Å². The molecule has 0 fully saturated rings. The number of hydrogen-bond donors (Lipinski definition) is 1. The molecule has 0 unspecified atom stereocenters. The van der Waals surface area contributed by atoms with Crippen molar-refractivity contribution in [3.63, 3.8) is 0 Å². The maximum Gasteiger partial charge on any atom is 0.226 e. The molecule has 18 heavy (non-hydrogen) atoms. The first-order valence-electron chi connectivity index (χ1n) is 5.83. The van der Waals surface area contributed by atoms with E-state index in [1.807, 2.05) is 12.1 Å². The third kappa shape index (κ3) is 3.33. The van der Waals surface area contributed by atoms with E-state index in [1.165, 1.54) is 11.3 Å². The molecule has 6 heteroatoms. The summed E-state index contributed by atoms with van der Waals surface area (Å²) in [6.07, 6.45) is 5.83. The zero-order valence-electron chi connectivity index (χ0n) is 10.1. The van der Waals surface area contributed by atoms with Crippen LogP contribution >= 0.6 is 11.3 Å². The molecule has 0 aromatic carbocycles. The van der Waals surface area contributed by atoms with E-state index in [1.54, 1.807) is 12.4 Å². The first kappa shape index (κ1) is 12.6. The van der Waals surface area contributed by atoms with Crippen molar-refractivity contribution in [2.45, 2.75) is 26.2 Å². The van der Waals surface area contributed by atoms with Gasteiger partial charge in [0.15, 0.2) is 0 Å². The van der Waals surface area contributed by atoms with Gasteiger partial charge >= 0.3 is 0 Å². The minimum Gasteiger partial charge on any atom is -0.301 e. The molecule has 0 aliphatic rings. The zero-order valence-corrected chi connectivity index (χ0v) is 10.9. The summed E-state index contributed by atoms with van der Waals surface area (Å²) in [6.45, 7) is 2.06. The van der Waals surface area contributed by atoms with E-state index in [4.69, 9.17) is 0 Å². The molecule has 94 valence electrons. The average molecular weight is 262 g/mol. The Morgan fingerprint density at radius 2 is 2.11 bits per heavy atom. The molecule has 0 radical (unpaired) electrons. The van der Waals surface area contributed by atoms with Crippen LogP contribution in [0.3, 0.4) is 0 Å². The van der Waals surface area contributed by atoms with E-state index < -0.39 is 0 Å². The fraction of sp³-hybridized carbons (Fsp3) is 0.333. The molecular formula is C12H14N4OS. The van der Waals surface area contributed by atoms with Crippen LogP contribution in [0, 0.1) is 0 Å². The minimum atomic E-state index is -0.00530. The van der Waals surface area contributed by atoms with Crippen LogP contribution in [0.2, 0.25) is 0 Å². The van der Waals surface area contributed by atoms with Gasteiger partial charge in [-0.2, -0.15) is 0 Å². The van der Waals surface area contributed by atoms with Gasteiger partial charge in [-0.3, -0.25) is 9.78 Å². The average Bonchev–Trinajstić information content (AvgIpc) is 2.86. The monoisotopic (exact) mass is 262 g/mol. The highest BCUT2D eigenvalue weighted by Crippen LogP contribution is 2.25. The topological polar surface area (TPSA) is 67.8 Å². The Morgan fingerprint density at radius 3 is 2.83 bits per heavy atom. The van der Waals surface area contributed by atoms with Crippen LogP contribution in [0.4, 0.5) is 5.13 Å². The number of carbonyl (C=O) groups is 1. The van der Waals surface area contributed by atoms with Crippen molar-refractivity contribution < 1.29 is 4.79 Å². The molecule has 0 spiro atoms. The maximum absolute atomic E-state index is 11.5. The van der Waals surface area contributed by atoms with Gasteiger partial charge in [-0.15, -0.1) is 10.2 Å². The van der Waals surface area contributed by atoms with Crippen LogP contribution in [-0.4, -0.2) is 21.1 Å². The molecule has 0 saturated heterocycles. The summed E-state index contributed by atoms with van der Waals surface area (Å²) in [5.74, 6) is -0.00530. The first-order valence-corrected chi connectivity index (χ1v) is 6.65. The Balaban J connectivity index is 2.00. The van der Waals surface area contributed by atoms with Gasteiger partial charge in [0.2, 0.25) is 11.0 Å². The van der Waals surface area contributed by atoms with Gasteiger partial charge < -0.3 is 5.32 Å². The number of rotatable bonds is 5. The minimum absolute atomic E-state index is 0.00530. The number of nitrogens with zero attached hydrogens (tertiary/aromatic N) is 3. The Hall–Kier alpha value is -1.82. The lowest BCUT2D eigenvalue weighted by atomic mass is 10.2. The van der Waals surface area contributed by atoms with Crippen molar-refractivity contribution >= 4 is 22.4 Å². The van der Waals surface area contributed by atoms with Crippen LogP contribution < -0.4 is 5.32 Å². The molecule has 2 rings (SSSR count). The smallest absolute Gasteiger partial charge is 0.226 e. The summed E-state index contributed by atoms with van der Waals surface area (Å²) in [6, 6.07) is 3.73. The lowest BCUT2D eigenvalue weighted by molar-refractivity contribution is -0.116. The molecule has 1 amide bonds. The number of carbonyl (C=O) groups excluding carboxylic acids is 1. The molecule has 0 aliphatic carbocycles. The number of hydrogen-bond acceptors (Lipinski definition) is 5. The van der Waals surface area contributed by atoms with Gasteiger partial charge in [-0.05, 0) is 18.6 Å². The molecule has 1 N–H and O–H groups in total. The molecule has 0 aliphatic heterocycles. The fourth-order valence-corrected chi connectivity index (χ4v) is 2.17. The number of aromatic nitrogens is 3. The van der Waals surface area contributed by atoms with Gasteiger partial charge in [-0.1, -0.05) is 24.7 Å². The summed E-state index contributed by atoms with van der Waals surface area (Å²) < 4.78 is 0. The van der Waals surface area contributed by atoms with E-state index in [-0.39, 0.29) is 5.91 Å². The predicted molar refractivity (Wildman–Crippen MR) is 71.3 cm³/mol. The number of anilines is 1. The van der Waals surface area contributed by atoms with E-state index >= 15 is 0 Å². The molecule has 5 nitrogen and oxygen atoms in total. The molecular weight excluding hydrogens is 248 g/mol. The van der Waals surface area contributed by atoms with Crippen LogP contribution in [0.5, 0.6) is 0 Å². The van der Waals surface area contributed by atoms with E-state index in [9.17, 15) is 4.79 Å². The van der Waals surface area contributed by atoms with Crippen LogP contribution in [0.25, 0.3) is 10.6 Å². The summed E-state index contributed by atoms with van der Waals surface area (Å²) in [4.78, 5) is 15.5. The SMILES string of the molecule is CCCCC(=O)Nc1nnc(-c2ccncc2)s1.